The molecule has 1 aliphatic rings. The zero-order valence-corrected chi connectivity index (χ0v) is 17.8. The van der Waals surface area contributed by atoms with Crippen LogP contribution in [0.25, 0.3) is 0 Å². The molecular formula is C22H26N2O7. The molecule has 1 unspecified atom stereocenters. The van der Waals surface area contributed by atoms with Gasteiger partial charge in [-0.05, 0) is 35.7 Å². The van der Waals surface area contributed by atoms with E-state index >= 15 is 0 Å². The highest BCUT2D eigenvalue weighted by Gasteiger charge is 2.31. The van der Waals surface area contributed by atoms with Crippen LogP contribution in [0.2, 0.25) is 0 Å². The van der Waals surface area contributed by atoms with Crippen molar-refractivity contribution in [3.8, 4) is 17.2 Å². The molecule has 0 N–H and O–H groups in total. The van der Waals surface area contributed by atoms with Gasteiger partial charge in [-0.15, -0.1) is 0 Å². The van der Waals surface area contributed by atoms with E-state index in [1.807, 2.05) is 12.1 Å². The Morgan fingerprint density at radius 2 is 1.84 bits per heavy atom. The maximum absolute atomic E-state index is 12.1. The Labute approximate surface area is 180 Å². The fourth-order valence-corrected chi connectivity index (χ4v) is 3.83. The lowest BCUT2D eigenvalue weighted by molar-refractivity contribution is -0.385. The summed E-state index contributed by atoms with van der Waals surface area (Å²) in [7, 11) is 4.52. The van der Waals surface area contributed by atoms with Crippen molar-refractivity contribution in [2.75, 3.05) is 41.0 Å². The molecule has 31 heavy (non-hydrogen) atoms. The van der Waals surface area contributed by atoms with Gasteiger partial charge in [-0.25, -0.2) is 0 Å². The molecule has 3 rings (SSSR count). The second-order valence-corrected chi connectivity index (χ2v) is 7.06. The van der Waals surface area contributed by atoms with Gasteiger partial charge in [0.15, 0.2) is 17.2 Å². The zero-order valence-electron chi connectivity index (χ0n) is 17.8. The van der Waals surface area contributed by atoms with E-state index in [0.29, 0.717) is 24.6 Å². The number of esters is 1. The number of nitro benzene ring substituents is 1. The third-order valence-corrected chi connectivity index (χ3v) is 5.40. The Balaban J connectivity index is 1.80. The van der Waals surface area contributed by atoms with E-state index in [1.165, 1.54) is 13.2 Å². The summed E-state index contributed by atoms with van der Waals surface area (Å²) in [6.45, 7) is 1.43. The quantitative estimate of drug-likeness (QED) is 0.340. The van der Waals surface area contributed by atoms with Crippen molar-refractivity contribution in [1.29, 1.82) is 0 Å². The monoisotopic (exact) mass is 430 g/mol. The molecule has 0 aliphatic carbocycles. The van der Waals surface area contributed by atoms with Gasteiger partial charge in [0.1, 0.15) is 6.61 Å². The molecule has 9 nitrogen and oxygen atoms in total. The van der Waals surface area contributed by atoms with E-state index in [2.05, 4.69) is 4.90 Å². The van der Waals surface area contributed by atoms with Crippen molar-refractivity contribution in [2.24, 2.45) is 0 Å². The predicted molar refractivity (Wildman–Crippen MR) is 113 cm³/mol. The lowest BCUT2D eigenvalue weighted by Crippen LogP contribution is -2.39. The molecule has 1 aliphatic heterocycles. The standard InChI is InChI=1S/C22H26N2O7/c1-28-20-12-15-8-9-23(10-11-31-19-7-5-4-6-17(19)24(26)27)18(14-22(25)30-3)16(15)13-21(20)29-2/h4-7,12-13,18H,8-11,14H2,1-3H3. The number of carbonyl (C=O) groups is 1. The number of carbonyl (C=O) groups excluding carboxylic acids is 1. The molecule has 0 saturated carbocycles. The number of fused-ring (bicyclic) bond motifs is 1. The minimum absolute atomic E-state index is 0.0746. The second kappa shape index (κ2) is 10.1. The lowest BCUT2D eigenvalue weighted by atomic mass is 9.90. The number of ether oxygens (including phenoxy) is 4. The second-order valence-electron chi connectivity index (χ2n) is 7.06. The third kappa shape index (κ3) is 5.05. The topological polar surface area (TPSA) is 100 Å². The normalized spacial score (nSPS) is 15.6. The number of rotatable bonds is 9. The molecule has 0 saturated heterocycles. The summed E-state index contributed by atoms with van der Waals surface area (Å²) >= 11 is 0. The highest BCUT2D eigenvalue weighted by atomic mass is 16.6. The van der Waals surface area contributed by atoms with Gasteiger partial charge < -0.3 is 18.9 Å². The van der Waals surface area contributed by atoms with Gasteiger partial charge in [0.05, 0.1) is 32.7 Å². The van der Waals surface area contributed by atoms with Crippen molar-refractivity contribution in [3.05, 3.63) is 57.6 Å². The molecule has 166 valence electrons. The molecule has 2 aromatic carbocycles. The van der Waals surface area contributed by atoms with E-state index in [0.717, 1.165) is 17.5 Å². The SMILES string of the molecule is COC(=O)CC1c2cc(OC)c(OC)cc2CCN1CCOc1ccccc1[N+](=O)[O-]. The zero-order chi connectivity index (χ0) is 22.4. The van der Waals surface area contributed by atoms with E-state index < -0.39 is 4.92 Å². The van der Waals surface area contributed by atoms with Crippen LogP contribution in [0.5, 0.6) is 17.2 Å². The molecule has 0 fully saturated rings. The summed E-state index contributed by atoms with van der Waals surface area (Å²) in [5.74, 6) is 1.14. The summed E-state index contributed by atoms with van der Waals surface area (Å²) < 4.78 is 21.5. The molecule has 0 amide bonds. The van der Waals surface area contributed by atoms with Crippen LogP contribution in [0.4, 0.5) is 5.69 Å². The molecule has 0 aromatic heterocycles. The maximum atomic E-state index is 12.1. The van der Waals surface area contributed by atoms with E-state index in [1.54, 1.807) is 32.4 Å². The Bertz CT molecular complexity index is 947. The molecular weight excluding hydrogens is 404 g/mol. The van der Waals surface area contributed by atoms with Gasteiger partial charge in [0.2, 0.25) is 0 Å². The first-order valence-corrected chi connectivity index (χ1v) is 9.90. The van der Waals surface area contributed by atoms with Gasteiger partial charge in [-0.2, -0.15) is 0 Å². The minimum atomic E-state index is -0.466. The molecule has 0 radical (unpaired) electrons. The molecule has 1 atom stereocenters. The molecule has 0 spiro atoms. The third-order valence-electron chi connectivity index (χ3n) is 5.40. The summed E-state index contributed by atoms with van der Waals surface area (Å²) in [4.78, 5) is 25.0. The summed E-state index contributed by atoms with van der Waals surface area (Å²) in [5, 5.41) is 11.2. The first-order valence-electron chi connectivity index (χ1n) is 9.90. The maximum Gasteiger partial charge on any atom is 0.310 e. The Kier molecular flexibility index (Phi) is 7.30. The minimum Gasteiger partial charge on any atom is -0.493 e. The fraction of sp³-hybridized carbons (Fsp3) is 0.409. The molecule has 9 heteroatoms. The van der Waals surface area contributed by atoms with Crippen LogP contribution in [0, 0.1) is 10.1 Å². The average molecular weight is 430 g/mol. The van der Waals surface area contributed by atoms with Crippen molar-refractivity contribution in [2.45, 2.75) is 18.9 Å². The lowest BCUT2D eigenvalue weighted by Gasteiger charge is -2.37. The van der Waals surface area contributed by atoms with Crippen LogP contribution in [0.1, 0.15) is 23.6 Å². The summed E-state index contributed by atoms with van der Waals surface area (Å²) in [6.07, 6.45) is 0.934. The van der Waals surface area contributed by atoms with Crippen LogP contribution < -0.4 is 14.2 Å². The predicted octanol–water partition coefficient (Wildman–Crippen LogP) is 3.15. The average Bonchev–Trinajstić information content (AvgIpc) is 2.79. The van der Waals surface area contributed by atoms with E-state index in [9.17, 15) is 14.9 Å². The largest absolute Gasteiger partial charge is 0.493 e. The number of hydrogen-bond acceptors (Lipinski definition) is 8. The van der Waals surface area contributed by atoms with Crippen LogP contribution in [0.3, 0.4) is 0 Å². The van der Waals surface area contributed by atoms with Crippen molar-refractivity contribution in [3.63, 3.8) is 0 Å². The number of benzene rings is 2. The van der Waals surface area contributed by atoms with Gasteiger partial charge in [-0.1, -0.05) is 12.1 Å². The number of nitro groups is 1. The van der Waals surface area contributed by atoms with Crippen LogP contribution in [-0.2, 0) is 16.0 Å². The van der Waals surface area contributed by atoms with Gasteiger partial charge in [0.25, 0.3) is 0 Å². The molecule has 2 aromatic rings. The first kappa shape index (κ1) is 22.4. The Morgan fingerprint density at radius 3 is 2.52 bits per heavy atom. The number of methoxy groups -OCH3 is 3. The van der Waals surface area contributed by atoms with Crippen LogP contribution >= 0.6 is 0 Å². The Hall–Kier alpha value is -3.33. The van der Waals surface area contributed by atoms with Gasteiger partial charge >= 0.3 is 11.7 Å². The number of para-hydroxylation sites is 2. The van der Waals surface area contributed by atoms with Crippen LogP contribution in [-0.4, -0.2) is 56.8 Å². The van der Waals surface area contributed by atoms with Crippen LogP contribution in [0.15, 0.2) is 36.4 Å². The Morgan fingerprint density at radius 1 is 1.13 bits per heavy atom. The number of nitrogens with zero attached hydrogens (tertiary/aromatic N) is 2. The van der Waals surface area contributed by atoms with Crippen molar-refractivity contribution < 1.29 is 28.7 Å². The molecule has 0 bridgehead atoms. The number of hydrogen-bond donors (Lipinski definition) is 0. The van der Waals surface area contributed by atoms with Gasteiger partial charge in [0, 0.05) is 25.2 Å². The van der Waals surface area contributed by atoms with E-state index in [-0.39, 0.29) is 36.5 Å². The summed E-state index contributed by atoms with van der Waals surface area (Å²) in [5.41, 5.74) is 1.98. The molecule has 1 heterocycles. The van der Waals surface area contributed by atoms with Crippen molar-refractivity contribution in [1.82, 2.24) is 4.90 Å². The summed E-state index contributed by atoms with van der Waals surface area (Å²) in [6, 6.07) is 9.89. The fourth-order valence-electron chi connectivity index (χ4n) is 3.83. The van der Waals surface area contributed by atoms with Gasteiger partial charge in [-0.3, -0.25) is 19.8 Å². The first-order chi connectivity index (χ1) is 15.0. The smallest absolute Gasteiger partial charge is 0.310 e. The van der Waals surface area contributed by atoms with E-state index in [4.69, 9.17) is 18.9 Å². The highest BCUT2D eigenvalue weighted by molar-refractivity contribution is 5.70. The highest BCUT2D eigenvalue weighted by Crippen LogP contribution is 2.39. The van der Waals surface area contributed by atoms with Crippen molar-refractivity contribution >= 4 is 11.7 Å².